The quantitative estimate of drug-likeness (QED) is 0.368. The minimum absolute atomic E-state index is 0.667. The van der Waals surface area contributed by atoms with E-state index in [1.807, 2.05) is 30.3 Å². The van der Waals surface area contributed by atoms with Crippen LogP contribution in [0.2, 0.25) is 10.0 Å². The molecule has 1 fully saturated rings. The number of rotatable bonds is 6. The summed E-state index contributed by atoms with van der Waals surface area (Å²) < 4.78 is 0. The van der Waals surface area contributed by atoms with E-state index in [1.165, 1.54) is 4.88 Å². The lowest BCUT2D eigenvalue weighted by molar-refractivity contribution is 0.249. The maximum Gasteiger partial charge on any atom is 0.227 e. The van der Waals surface area contributed by atoms with Crippen LogP contribution in [-0.4, -0.2) is 41.0 Å². The Hall–Kier alpha value is -2.38. The number of thiophene rings is 1. The van der Waals surface area contributed by atoms with Crippen molar-refractivity contribution < 1.29 is 0 Å². The first-order valence-corrected chi connectivity index (χ1v) is 12.2. The average molecular weight is 484 g/mol. The topological polar surface area (TPSA) is 44.3 Å². The van der Waals surface area contributed by atoms with Crippen molar-refractivity contribution in [1.29, 1.82) is 0 Å². The first-order valence-electron chi connectivity index (χ1n) is 10.6. The summed E-state index contributed by atoms with van der Waals surface area (Å²) in [6, 6.07) is 18.1. The molecule has 32 heavy (non-hydrogen) atoms. The summed E-state index contributed by atoms with van der Waals surface area (Å²) >= 11 is 14.1. The zero-order valence-corrected chi connectivity index (χ0v) is 19.8. The van der Waals surface area contributed by atoms with Gasteiger partial charge in [-0.1, -0.05) is 47.5 Å². The number of anilines is 2. The Morgan fingerprint density at radius 1 is 0.938 bits per heavy atom. The number of nitrogens with one attached hydrogen (secondary N) is 1. The molecule has 2 aromatic carbocycles. The van der Waals surface area contributed by atoms with Gasteiger partial charge in [0.15, 0.2) is 0 Å². The van der Waals surface area contributed by atoms with Gasteiger partial charge >= 0.3 is 0 Å². The number of fused-ring (bicyclic) bond motifs is 1. The highest BCUT2D eigenvalue weighted by Gasteiger charge is 2.21. The van der Waals surface area contributed by atoms with Crippen LogP contribution in [0.5, 0.6) is 0 Å². The summed E-state index contributed by atoms with van der Waals surface area (Å²) in [4.78, 5) is 15.7. The number of nitrogens with zero attached hydrogens (tertiary/aromatic N) is 4. The molecule has 1 aliphatic heterocycles. The second-order valence-corrected chi connectivity index (χ2v) is 9.70. The van der Waals surface area contributed by atoms with Gasteiger partial charge in [0.2, 0.25) is 5.95 Å². The van der Waals surface area contributed by atoms with Gasteiger partial charge in [-0.05, 0) is 41.3 Å². The largest absolute Gasteiger partial charge is 0.364 e. The van der Waals surface area contributed by atoms with E-state index in [1.54, 1.807) is 11.3 Å². The molecule has 1 aliphatic rings. The van der Waals surface area contributed by atoms with E-state index in [-0.39, 0.29) is 0 Å². The molecule has 0 bridgehead atoms. The van der Waals surface area contributed by atoms with E-state index in [9.17, 15) is 0 Å². The van der Waals surface area contributed by atoms with Gasteiger partial charge in [-0.15, -0.1) is 11.3 Å². The molecule has 0 radical (unpaired) electrons. The van der Waals surface area contributed by atoms with E-state index in [0.717, 1.165) is 72.5 Å². The second-order valence-electron chi connectivity index (χ2n) is 7.82. The van der Waals surface area contributed by atoms with E-state index in [0.29, 0.717) is 5.02 Å². The number of hydrogen-bond donors (Lipinski definition) is 1. The Bertz CT molecular complexity index is 1210. The summed E-state index contributed by atoms with van der Waals surface area (Å²) in [5, 5.41) is 8.05. The summed E-state index contributed by atoms with van der Waals surface area (Å²) in [7, 11) is 0. The van der Waals surface area contributed by atoms with Crippen LogP contribution in [0.25, 0.3) is 10.9 Å². The van der Waals surface area contributed by atoms with Crippen LogP contribution < -0.4 is 10.2 Å². The van der Waals surface area contributed by atoms with E-state index >= 15 is 0 Å². The highest BCUT2D eigenvalue weighted by atomic mass is 35.5. The molecule has 1 saturated heterocycles. The van der Waals surface area contributed by atoms with Crippen molar-refractivity contribution in [3.63, 3.8) is 0 Å². The molecule has 1 N–H and O–H groups in total. The van der Waals surface area contributed by atoms with Crippen LogP contribution >= 0.6 is 34.5 Å². The number of piperazine rings is 1. The van der Waals surface area contributed by atoms with Crippen molar-refractivity contribution in [3.05, 3.63) is 80.5 Å². The predicted octanol–water partition coefficient (Wildman–Crippen LogP) is 5.93. The zero-order valence-electron chi connectivity index (χ0n) is 17.5. The Kier molecular flexibility index (Phi) is 6.46. The fourth-order valence-electron chi connectivity index (χ4n) is 3.92. The third-order valence-corrected chi connectivity index (χ3v) is 7.13. The maximum absolute atomic E-state index is 6.37. The SMILES string of the molecule is Clc1ccc(CN2CCN(c3nc(NCc4cccs4)c4ccccc4n3)CC2)c(Cl)c1. The normalized spacial score (nSPS) is 14.8. The van der Waals surface area contributed by atoms with Gasteiger partial charge in [-0.3, -0.25) is 4.90 Å². The van der Waals surface area contributed by atoms with Gasteiger partial charge in [-0.2, -0.15) is 4.98 Å². The Morgan fingerprint density at radius 2 is 1.78 bits per heavy atom. The van der Waals surface area contributed by atoms with Crippen molar-refractivity contribution in [1.82, 2.24) is 14.9 Å². The Morgan fingerprint density at radius 3 is 2.56 bits per heavy atom. The third kappa shape index (κ3) is 4.84. The van der Waals surface area contributed by atoms with Gasteiger partial charge in [0.25, 0.3) is 0 Å². The Labute approximate surface area is 201 Å². The van der Waals surface area contributed by atoms with Crippen molar-refractivity contribution >= 4 is 57.2 Å². The van der Waals surface area contributed by atoms with Crippen molar-refractivity contribution in [2.45, 2.75) is 13.1 Å². The van der Waals surface area contributed by atoms with Gasteiger partial charge < -0.3 is 10.2 Å². The highest BCUT2D eigenvalue weighted by molar-refractivity contribution is 7.09. The molecule has 5 rings (SSSR count). The molecule has 164 valence electrons. The van der Waals surface area contributed by atoms with E-state index in [4.69, 9.17) is 33.2 Å². The lowest BCUT2D eigenvalue weighted by Gasteiger charge is -2.35. The number of benzene rings is 2. The fraction of sp³-hybridized carbons (Fsp3) is 0.250. The van der Waals surface area contributed by atoms with Crippen LogP contribution in [-0.2, 0) is 13.1 Å². The van der Waals surface area contributed by atoms with Gasteiger partial charge in [0.05, 0.1) is 12.1 Å². The molecular weight excluding hydrogens is 461 g/mol. The highest BCUT2D eigenvalue weighted by Crippen LogP contribution is 2.26. The van der Waals surface area contributed by atoms with Crippen LogP contribution in [0, 0.1) is 0 Å². The second kappa shape index (κ2) is 9.63. The Balaban J connectivity index is 1.30. The molecule has 0 saturated carbocycles. The molecule has 3 heterocycles. The summed E-state index contributed by atoms with van der Waals surface area (Å²) in [6.07, 6.45) is 0. The fourth-order valence-corrected chi connectivity index (χ4v) is 5.03. The maximum atomic E-state index is 6.37. The smallest absolute Gasteiger partial charge is 0.227 e. The van der Waals surface area contributed by atoms with Crippen LogP contribution in [0.15, 0.2) is 60.0 Å². The summed E-state index contributed by atoms with van der Waals surface area (Å²) in [5.74, 6) is 1.66. The molecule has 0 aliphatic carbocycles. The molecule has 8 heteroatoms. The summed E-state index contributed by atoms with van der Waals surface area (Å²) in [5.41, 5.74) is 2.06. The first kappa shape index (κ1) is 21.5. The predicted molar refractivity (Wildman–Crippen MR) is 135 cm³/mol. The average Bonchev–Trinajstić information content (AvgIpc) is 3.33. The molecule has 0 amide bonds. The molecule has 0 unspecified atom stereocenters. The van der Waals surface area contributed by atoms with E-state index in [2.05, 4.69) is 44.8 Å². The van der Waals surface area contributed by atoms with Gasteiger partial charge in [0.1, 0.15) is 5.82 Å². The lowest BCUT2D eigenvalue weighted by Crippen LogP contribution is -2.46. The number of halogens is 2. The minimum atomic E-state index is 0.667. The molecule has 0 atom stereocenters. The first-order chi connectivity index (χ1) is 15.7. The number of hydrogen-bond acceptors (Lipinski definition) is 6. The standard InChI is InChI=1S/C24H23Cl2N5S/c25-18-8-7-17(21(26)14-18)16-30-9-11-31(12-10-30)24-28-22-6-2-1-5-20(22)23(29-24)27-15-19-4-3-13-32-19/h1-8,13-14H,9-12,15-16H2,(H,27,28,29). The minimum Gasteiger partial charge on any atom is -0.364 e. The lowest BCUT2D eigenvalue weighted by atomic mass is 10.2. The summed E-state index contributed by atoms with van der Waals surface area (Å²) in [6.45, 7) is 5.16. The molecule has 5 nitrogen and oxygen atoms in total. The van der Waals surface area contributed by atoms with Crippen LogP contribution in [0.4, 0.5) is 11.8 Å². The third-order valence-electron chi connectivity index (χ3n) is 5.67. The monoisotopic (exact) mass is 483 g/mol. The molecular formula is C24H23Cl2N5S. The number of para-hydroxylation sites is 1. The molecule has 2 aromatic heterocycles. The van der Waals surface area contributed by atoms with E-state index < -0.39 is 0 Å². The van der Waals surface area contributed by atoms with Gasteiger partial charge in [-0.25, -0.2) is 4.98 Å². The molecule has 4 aromatic rings. The molecule has 0 spiro atoms. The van der Waals surface area contributed by atoms with Crippen molar-refractivity contribution in [2.75, 3.05) is 36.4 Å². The van der Waals surface area contributed by atoms with Gasteiger partial charge in [0, 0.05) is 53.0 Å². The van der Waals surface area contributed by atoms with Crippen LogP contribution in [0.1, 0.15) is 10.4 Å². The number of aromatic nitrogens is 2. The zero-order chi connectivity index (χ0) is 21.9. The van der Waals surface area contributed by atoms with Crippen molar-refractivity contribution in [3.8, 4) is 0 Å². The van der Waals surface area contributed by atoms with Crippen molar-refractivity contribution in [2.24, 2.45) is 0 Å². The van der Waals surface area contributed by atoms with Crippen LogP contribution in [0.3, 0.4) is 0 Å².